The van der Waals surface area contributed by atoms with E-state index in [1.54, 1.807) is 0 Å². The highest BCUT2D eigenvalue weighted by Crippen LogP contribution is 2.23. The molecule has 0 radical (unpaired) electrons. The second-order valence-corrected chi connectivity index (χ2v) is 4.98. The molecule has 4 heteroatoms. The predicted molar refractivity (Wildman–Crippen MR) is 81.2 cm³/mol. The summed E-state index contributed by atoms with van der Waals surface area (Å²) in [5.41, 5.74) is 2.29. The molecule has 0 aliphatic rings. The van der Waals surface area contributed by atoms with Crippen LogP contribution in [0.3, 0.4) is 0 Å². The van der Waals surface area contributed by atoms with Crippen LogP contribution in [0.2, 0.25) is 0 Å². The van der Waals surface area contributed by atoms with E-state index in [0.717, 1.165) is 30.8 Å². The van der Waals surface area contributed by atoms with Gasteiger partial charge >= 0.3 is 0 Å². The number of hydrogen-bond acceptors (Lipinski definition) is 3. The zero-order valence-corrected chi connectivity index (χ0v) is 12.4. The van der Waals surface area contributed by atoms with Crippen molar-refractivity contribution < 1.29 is 4.74 Å². The molecule has 1 heterocycles. The van der Waals surface area contributed by atoms with Crippen LogP contribution in [-0.2, 0) is 0 Å². The van der Waals surface area contributed by atoms with Crippen LogP contribution in [0.1, 0.15) is 44.0 Å². The van der Waals surface area contributed by atoms with Crippen LogP contribution < -0.4 is 10.1 Å². The molecule has 2 aromatic rings. The van der Waals surface area contributed by atoms with Gasteiger partial charge in [0.25, 0.3) is 0 Å². The first-order valence-corrected chi connectivity index (χ1v) is 7.26. The first kappa shape index (κ1) is 14.6. The van der Waals surface area contributed by atoms with E-state index in [4.69, 9.17) is 4.74 Å². The lowest BCUT2D eigenvalue weighted by atomic mass is 10.0. The summed E-state index contributed by atoms with van der Waals surface area (Å²) in [6.07, 6.45) is 2.23. The Morgan fingerprint density at radius 1 is 1.25 bits per heavy atom. The second kappa shape index (κ2) is 7.10. The van der Waals surface area contributed by atoms with Crippen LogP contribution in [0, 0.1) is 6.92 Å². The van der Waals surface area contributed by atoms with Crippen LogP contribution in [0.5, 0.6) is 11.6 Å². The van der Waals surface area contributed by atoms with Gasteiger partial charge < -0.3 is 10.1 Å². The number of aromatic nitrogens is 2. The molecular weight excluding hydrogens is 250 g/mol. The Labute approximate surface area is 120 Å². The van der Waals surface area contributed by atoms with E-state index >= 15 is 0 Å². The number of benzene rings is 1. The Morgan fingerprint density at radius 3 is 2.55 bits per heavy atom. The summed E-state index contributed by atoms with van der Waals surface area (Å²) in [4.78, 5) is 0. The summed E-state index contributed by atoms with van der Waals surface area (Å²) in [6.45, 7) is 7.38. The molecule has 0 amide bonds. The molecule has 1 unspecified atom stereocenters. The largest absolute Gasteiger partial charge is 0.438 e. The third kappa shape index (κ3) is 3.84. The molecule has 108 valence electrons. The van der Waals surface area contributed by atoms with Crippen LogP contribution >= 0.6 is 0 Å². The van der Waals surface area contributed by atoms with Crippen molar-refractivity contribution in [2.45, 2.75) is 39.7 Å². The molecule has 1 atom stereocenters. The minimum atomic E-state index is 0.414. The number of aromatic amines is 1. The Kier molecular flexibility index (Phi) is 5.18. The maximum atomic E-state index is 5.69. The van der Waals surface area contributed by atoms with E-state index in [9.17, 15) is 0 Å². The van der Waals surface area contributed by atoms with Crippen molar-refractivity contribution in [3.8, 4) is 11.6 Å². The molecule has 2 rings (SSSR count). The Morgan fingerprint density at radius 2 is 2.00 bits per heavy atom. The highest BCUT2D eigenvalue weighted by Gasteiger charge is 2.08. The average Bonchev–Trinajstić information content (AvgIpc) is 2.86. The van der Waals surface area contributed by atoms with Crippen molar-refractivity contribution >= 4 is 0 Å². The smallest absolute Gasteiger partial charge is 0.238 e. The van der Waals surface area contributed by atoms with Gasteiger partial charge in [0, 0.05) is 17.8 Å². The maximum absolute atomic E-state index is 5.69. The number of aryl methyl sites for hydroxylation is 1. The van der Waals surface area contributed by atoms with Gasteiger partial charge in [-0.1, -0.05) is 26.0 Å². The predicted octanol–water partition coefficient (Wildman–Crippen LogP) is 3.96. The number of H-pyrrole nitrogens is 1. The van der Waals surface area contributed by atoms with Crippen LogP contribution in [-0.4, -0.2) is 16.7 Å². The average molecular weight is 273 g/mol. The highest BCUT2D eigenvalue weighted by molar-refractivity contribution is 5.32. The molecule has 0 aliphatic carbocycles. The maximum Gasteiger partial charge on any atom is 0.238 e. The monoisotopic (exact) mass is 273 g/mol. The van der Waals surface area contributed by atoms with Crippen molar-refractivity contribution in [2.24, 2.45) is 0 Å². The summed E-state index contributed by atoms with van der Waals surface area (Å²) >= 11 is 0. The van der Waals surface area contributed by atoms with Gasteiger partial charge in [0.05, 0.1) is 0 Å². The zero-order valence-electron chi connectivity index (χ0n) is 12.4. The fraction of sp³-hybridized carbons (Fsp3) is 0.438. The lowest BCUT2D eigenvalue weighted by Crippen LogP contribution is -2.21. The molecule has 20 heavy (non-hydrogen) atoms. The molecule has 0 aliphatic heterocycles. The Bertz CT molecular complexity index is 519. The van der Waals surface area contributed by atoms with Crippen LogP contribution in [0.25, 0.3) is 0 Å². The summed E-state index contributed by atoms with van der Waals surface area (Å²) in [7, 11) is 0. The van der Waals surface area contributed by atoms with Gasteiger partial charge in [-0.05, 0) is 44.0 Å². The molecule has 0 fully saturated rings. The topological polar surface area (TPSA) is 49.9 Å². The van der Waals surface area contributed by atoms with E-state index < -0.39 is 0 Å². The quantitative estimate of drug-likeness (QED) is 0.802. The van der Waals surface area contributed by atoms with E-state index in [1.165, 1.54) is 5.56 Å². The number of ether oxygens (including phenoxy) is 1. The fourth-order valence-electron chi connectivity index (χ4n) is 2.15. The van der Waals surface area contributed by atoms with Gasteiger partial charge in [0.1, 0.15) is 5.75 Å². The number of hydrogen-bond donors (Lipinski definition) is 2. The van der Waals surface area contributed by atoms with E-state index in [-0.39, 0.29) is 0 Å². The zero-order chi connectivity index (χ0) is 14.4. The van der Waals surface area contributed by atoms with Gasteiger partial charge in [0.2, 0.25) is 5.88 Å². The van der Waals surface area contributed by atoms with Crippen molar-refractivity contribution in [2.75, 3.05) is 6.54 Å². The standard InChI is InChI=1S/C16H23N3O/c1-4-10-17-15(5-2)13-6-8-14(9-7-13)20-16-11-12(3)18-19-16/h6-9,11,15,17H,4-5,10H2,1-3H3,(H,18,19). The summed E-state index contributed by atoms with van der Waals surface area (Å²) in [5.74, 6) is 1.41. The van der Waals surface area contributed by atoms with Gasteiger partial charge in [0.15, 0.2) is 0 Å². The normalized spacial score (nSPS) is 12.3. The van der Waals surface area contributed by atoms with Crippen molar-refractivity contribution in [3.63, 3.8) is 0 Å². The SMILES string of the molecule is CCCNC(CC)c1ccc(Oc2cc(C)[nH]n2)cc1. The van der Waals surface area contributed by atoms with Crippen LogP contribution in [0.15, 0.2) is 30.3 Å². The van der Waals surface area contributed by atoms with Crippen molar-refractivity contribution in [1.82, 2.24) is 15.5 Å². The summed E-state index contributed by atoms with van der Waals surface area (Å²) < 4.78 is 5.69. The molecular formula is C16H23N3O. The van der Waals surface area contributed by atoms with Gasteiger partial charge in [-0.2, -0.15) is 0 Å². The van der Waals surface area contributed by atoms with Gasteiger partial charge in [-0.3, -0.25) is 5.10 Å². The highest BCUT2D eigenvalue weighted by atomic mass is 16.5. The lowest BCUT2D eigenvalue weighted by molar-refractivity contribution is 0.460. The summed E-state index contributed by atoms with van der Waals surface area (Å²) in [6, 6.07) is 10.5. The van der Waals surface area contributed by atoms with Crippen molar-refractivity contribution in [3.05, 3.63) is 41.6 Å². The molecule has 0 spiro atoms. The fourth-order valence-corrected chi connectivity index (χ4v) is 2.15. The molecule has 1 aromatic heterocycles. The molecule has 0 saturated heterocycles. The summed E-state index contributed by atoms with van der Waals surface area (Å²) in [5, 5.41) is 10.5. The van der Waals surface area contributed by atoms with E-state index in [2.05, 4.69) is 41.5 Å². The lowest BCUT2D eigenvalue weighted by Gasteiger charge is -2.17. The third-order valence-corrected chi connectivity index (χ3v) is 3.24. The second-order valence-electron chi connectivity index (χ2n) is 4.98. The van der Waals surface area contributed by atoms with Crippen LogP contribution in [0.4, 0.5) is 0 Å². The van der Waals surface area contributed by atoms with Gasteiger partial charge in [-0.25, -0.2) is 0 Å². The van der Waals surface area contributed by atoms with E-state index in [1.807, 2.05) is 25.1 Å². The molecule has 0 saturated carbocycles. The Balaban J connectivity index is 2.01. The minimum absolute atomic E-state index is 0.414. The van der Waals surface area contributed by atoms with Crippen molar-refractivity contribution in [1.29, 1.82) is 0 Å². The number of rotatable bonds is 7. The number of nitrogens with one attached hydrogen (secondary N) is 2. The number of nitrogens with zero attached hydrogens (tertiary/aromatic N) is 1. The van der Waals surface area contributed by atoms with E-state index in [0.29, 0.717) is 11.9 Å². The molecule has 2 N–H and O–H groups in total. The Hall–Kier alpha value is -1.81. The first-order valence-electron chi connectivity index (χ1n) is 7.26. The molecule has 0 bridgehead atoms. The minimum Gasteiger partial charge on any atom is -0.438 e. The third-order valence-electron chi connectivity index (χ3n) is 3.24. The molecule has 1 aromatic carbocycles. The first-order chi connectivity index (χ1) is 9.72. The van der Waals surface area contributed by atoms with Gasteiger partial charge in [-0.15, -0.1) is 5.10 Å². The molecule has 4 nitrogen and oxygen atoms in total.